The monoisotopic (exact) mass is 288 g/mol. The Hall–Kier alpha value is -0.780. The van der Waals surface area contributed by atoms with Gasteiger partial charge in [-0.25, -0.2) is 4.98 Å². The van der Waals surface area contributed by atoms with Gasteiger partial charge in [-0.15, -0.1) is 0 Å². The zero-order chi connectivity index (χ0) is 13.7. The average molecular weight is 289 g/mol. The van der Waals surface area contributed by atoms with Crippen LogP contribution in [0.3, 0.4) is 0 Å². The van der Waals surface area contributed by atoms with Crippen LogP contribution in [0.2, 0.25) is 5.15 Å². The fraction of sp³-hybridized carbons (Fsp3) is 0.500. The van der Waals surface area contributed by atoms with Crippen molar-refractivity contribution in [1.29, 1.82) is 0 Å². The summed E-state index contributed by atoms with van der Waals surface area (Å²) < 4.78 is 0. The van der Waals surface area contributed by atoms with Crippen LogP contribution in [0.25, 0.3) is 0 Å². The van der Waals surface area contributed by atoms with E-state index in [2.05, 4.69) is 10.3 Å². The lowest BCUT2D eigenvalue weighted by Gasteiger charge is -2.21. The van der Waals surface area contributed by atoms with Gasteiger partial charge in [0.05, 0.1) is 6.61 Å². The van der Waals surface area contributed by atoms with E-state index in [-0.39, 0.29) is 23.8 Å². The zero-order valence-electron chi connectivity index (χ0n) is 10.6. The number of aliphatic hydroxyl groups excluding tert-OH is 1. The molecule has 6 heteroatoms. The van der Waals surface area contributed by atoms with E-state index in [1.54, 1.807) is 13.0 Å². The highest BCUT2D eigenvalue weighted by atomic mass is 35.5. The molecular formula is C12H17ClN2O2S. The Morgan fingerprint density at radius 3 is 2.78 bits per heavy atom. The van der Waals surface area contributed by atoms with Gasteiger partial charge in [0, 0.05) is 22.5 Å². The van der Waals surface area contributed by atoms with Gasteiger partial charge in [0.2, 0.25) is 0 Å². The van der Waals surface area contributed by atoms with E-state index in [1.807, 2.05) is 13.2 Å². The summed E-state index contributed by atoms with van der Waals surface area (Å²) in [6.07, 6.45) is 1.90. The number of amides is 1. The van der Waals surface area contributed by atoms with Crippen molar-refractivity contribution in [2.75, 3.05) is 12.9 Å². The largest absolute Gasteiger partial charge is 0.395 e. The number of nitrogens with one attached hydrogen (secondary N) is 1. The Balaban J connectivity index is 2.76. The van der Waals surface area contributed by atoms with Gasteiger partial charge in [0.25, 0.3) is 5.91 Å². The molecule has 2 N–H and O–H groups in total. The van der Waals surface area contributed by atoms with Crippen molar-refractivity contribution in [3.05, 3.63) is 28.5 Å². The lowest BCUT2D eigenvalue weighted by Crippen LogP contribution is -2.41. The van der Waals surface area contributed by atoms with Crippen molar-refractivity contribution in [3.8, 4) is 0 Å². The van der Waals surface area contributed by atoms with Gasteiger partial charge in [-0.3, -0.25) is 4.79 Å². The number of aromatic nitrogens is 1. The molecule has 1 heterocycles. The molecule has 0 spiro atoms. The van der Waals surface area contributed by atoms with Gasteiger partial charge in [-0.05, 0) is 32.2 Å². The molecule has 0 fully saturated rings. The summed E-state index contributed by atoms with van der Waals surface area (Å²) in [7, 11) is 0. The number of hydrogen-bond acceptors (Lipinski definition) is 4. The number of aliphatic hydroxyl groups is 1. The second kappa shape index (κ2) is 6.97. The number of carbonyl (C=O) groups excluding carboxylic acids is 1. The van der Waals surface area contributed by atoms with E-state index < -0.39 is 0 Å². The normalized spacial score (nSPS) is 14.1. The highest BCUT2D eigenvalue weighted by Gasteiger charge is 2.18. The Kier molecular flexibility index (Phi) is 5.91. The number of thioether (sulfide) groups is 1. The third kappa shape index (κ3) is 4.15. The summed E-state index contributed by atoms with van der Waals surface area (Å²) in [5, 5.41) is 12.3. The van der Waals surface area contributed by atoms with Crippen LogP contribution in [0.15, 0.2) is 12.1 Å². The SMILES string of the molecule is CSC(CO)C(C)NC(=O)c1cc(C)nc(Cl)c1. The topological polar surface area (TPSA) is 62.2 Å². The van der Waals surface area contributed by atoms with Crippen molar-refractivity contribution < 1.29 is 9.90 Å². The quantitative estimate of drug-likeness (QED) is 0.812. The van der Waals surface area contributed by atoms with Crippen LogP contribution in [-0.4, -0.2) is 40.2 Å². The predicted octanol–water partition coefficient (Wildman–Crippen LogP) is 1.89. The minimum absolute atomic E-state index is 0.0210. The molecule has 0 aromatic carbocycles. The van der Waals surface area contributed by atoms with Gasteiger partial charge in [-0.1, -0.05) is 11.6 Å². The smallest absolute Gasteiger partial charge is 0.251 e. The van der Waals surface area contributed by atoms with Crippen LogP contribution < -0.4 is 5.32 Å². The van der Waals surface area contributed by atoms with Crippen LogP contribution in [0.4, 0.5) is 0 Å². The molecule has 0 saturated carbocycles. The van der Waals surface area contributed by atoms with Crippen molar-refractivity contribution in [1.82, 2.24) is 10.3 Å². The number of aryl methyl sites for hydroxylation is 1. The highest BCUT2D eigenvalue weighted by molar-refractivity contribution is 7.99. The highest BCUT2D eigenvalue weighted by Crippen LogP contribution is 2.13. The molecule has 0 aliphatic heterocycles. The van der Waals surface area contributed by atoms with Gasteiger partial charge < -0.3 is 10.4 Å². The number of rotatable bonds is 5. The molecule has 0 radical (unpaired) electrons. The molecule has 0 saturated heterocycles. The van der Waals surface area contributed by atoms with Crippen LogP contribution in [0.1, 0.15) is 23.0 Å². The van der Waals surface area contributed by atoms with Crippen molar-refractivity contribution in [2.45, 2.75) is 25.1 Å². The number of hydrogen-bond donors (Lipinski definition) is 2. The van der Waals surface area contributed by atoms with Crippen LogP contribution in [-0.2, 0) is 0 Å². The van der Waals surface area contributed by atoms with E-state index in [4.69, 9.17) is 16.7 Å². The lowest BCUT2D eigenvalue weighted by atomic mass is 10.2. The molecule has 18 heavy (non-hydrogen) atoms. The summed E-state index contributed by atoms with van der Waals surface area (Å²) in [5.41, 5.74) is 1.18. The molecule has 0 aliphatic rings. The standard InChI is InChI=1S/C12H17ClN2O2S/c1-7-4-9(5-11(13)14-7)12(17)15-8(2)10(6-16)18-3/h4-5,8,10,16H,6H2,1-3H3,(H,15,17). The van der Waals surface area contributed by atoms with E-state index in [0.29, 0.717) is 16.4 Å². The van der Waals surface area contributed by atoms with Crippen LogP contribution >= 0.6 is 23.4 Å². The Bertz CT molecular complexity index is 404. The molecule has 0 aliphatic carbocycles. The molecule has 2 atom stereocenters. The second-order valence-corrected chi connectivity index (χ2v) is 5.50. The molecular weight excluding hydrogens is 272 g/mol. The number of pyridine rings is 1. The molecule has 4 nitrogen and oxygen atoms in total. The summed E-state index contributed by atoms with van der Waals surface area (Å²) in [6, 6.07) is 3.09. The molecule has 1 aromatic rings. The lowest BCUT2D eigenvalue weighted by molar-refractivity contribution is 0.0935. The van der Waals surface area contributed by atoms with Gasteiger partial charge >= 0.3 is 0 Å². The number of carbonyl (C=O) groups is 1. The minimum Gasteiger partial charge on any atom is -0.395 e. The van der Waals surface area contributed by atoms with E-state index in [9.17, 15) is 4.79 Å². The second-order valence-electron chi connectivity index (χ2n) is 4.04. The Morgan fingerprint density at radius 1 is 1.61 bits per heavy atom. The molecule has 1 rings (SSSR count). The van der Waals surface area contributed by atoms with Crippen LogP contribution in [0, 0.1) is 6.92 Å². The summed E-state index contributed by atoms with van der Waals surface area (Å²) in [5.74, 6) is -0.206. The van der Waals surface area contributed by atoms with Gasteiger partial charge in [0.15, 0.2) is 0 Å². The fourth-order valence-corrected chi connectivity index (χ4v) is 2.46. The van der Waals surface area contributed by atoms with E-state index in [1.165, 1.54) is 17.8 Å². The number of halogens is 1. The van der Waals surface area contributed by atoms with E-state index >= 15 is 0 Å². The number of nitrogens with zero attached hydrogens (tertiary/aromatic N) is 1. The van der Waals surface area contributed by atoms with Crippen molar-refractivity contribution in [3.63, 3.8) is 0 Å². The first-order chi connectivity index (χ1) is 8.47. The molecule has 100 valence electrons. The summed E-state index contributed by atoms with van der Waals surface area (Å²) in [4.78, 5) is 16.0. The first kappa shape index (κ1) is 15.3. The fourth-order valence-electron chi connectivity index (χ4n) is 1.58. The summed E-state index contributed by atoms with van der Waals surface area (Å²) in [6.45, 7) is 3.67. The Labute approximate surface area is 116 Å². The molecule has 0 bridgehead atoms. The maximum absolute atomic E-state index is 12.0. The average Bonchev–Trinajstić information content (AvgIpc) is 2.29. The van der Waals surface area contributed by atoms with Gasteiger partial charge in [0.1, 0.15) is 5.15 Å². The first-order valence-corrected chi connectivity index (χ1v) is 7.23. The minimum atomic E-state index is -0.206. The maximum atomic E-state index is 12.0. The molecule has 1 amide bonds. The maximum Gasteiger partial charge on any atom is 0.251 e. The van der Waals surface area contributed by atoms with Crippen molar-refractivity contribution in [2.24, 2.45) is 0 Å². The van der Waals surface area contributed by atoms with Gasteiger partial charge in [-0.2, -0.15) is 11.8 Å². The summed E-state index contributed by atoms with van der Waals surface area (Å²) >= 11 is 7.33. The third-order valence-corrected chi connectivity index (χ3v) is 3.94. The van der Waals surface area contributed by atoms with E-state index in [0.717, 1.165) is 0 Å². The third-order valence-electron chi connectivity index (χ3n) is 2.58. The molecule has 1 aromatic heterocycles. The van der Waals surface area contributed by atoms with Crippen molar-refractivity contribution >= 4 is 29.3 Å². The Morgan fingerprint density at radius 2 is 2.28 bits per heavy atom. The zero-order valence-corrected chi connectivity index (χ0v) is 12.2. The molecule has 2 unspecified atom stereocenters. The first-order valence-electron chi connectivity index (χ1n) is 5.56. The predicted molar refractivity (Wildman–Crippen MR) is 75.3 cm³/mol. The van der Waals surface area contributed by atoms with Crippen LogP contribution in [0.5, 0.6) is 0 Å².